The van der Waals surface area contributed by atoms with Gasteiger partial charge in [0.25, 0.3) is 0 Å². The lowest BCUT2D eigenvalue weighted by atomic mass is 10.0. The maximum atomic E-state index is 6.21. The molecule has 0 aliphatic heterocycles. The van der Waals surface area contributed by atoms with Gasteiger partial charge in [-0.1, -0.05) is 13.8 Å². The quantitative estimate of drug-likeness (QED) is 0.690. The molecule has 1 unspecified atom stereocenters. The van der Waals surface area contributed by atoms with Gasteiger partial charge in [-0.3, -0.25) is 4.68 Å². The van der Waals surface area contributed by atoms with Crippen LogP contribution in [0.1, 0.15) is 32.3 Å². The Labute approximate surface area is 91.3 Å². The Morgan fingerprint density at radius 1 is 1.50 bits per heavy atom. The molecule has 1 heterocycles. The highest BCUT2D eigenvalue weighted by molar-refractivity contribution is 6.20. The predicted octanol–water partition coefficient (Wildman–Crippen LogP) is 3.01. The Kier molecular flexibility index (Phi) is 4.46. The summed E-state index contributed by atoms with van der Waals surface area (Å²) in [5.41, 5.74) is 1.28. The minimum absolute atomic E-state index is 0.301. The maximum absolute atomic E-state index is 6.21. The van der Waals surface area contributed by atoms with E-state index in [1.807, 2.05) is 17.9 Å². The summed E-state index contributed by atoms with van der Waals surface area (Å²) >= 11 is 6.21. The standard InChI is InChI=1S/C11H19ClN2/c1-9(2)6-11(12)5-4-10-7-13-14(3)8-10/h7-9,11H,4-6H2,1-3H3. The third-order valence-corrected chi connectivity index (χ3v) is 2.63. The summed E-state index contributed by atoms with van der Waals surface area (Å²) in [5.74, 6) is 0.686. The first-order valence-electron chi connectivity index (χ1n) is 5.19. The van der Waals surface area contributed by atoms with Crippen LogP contribution in [0.5, 0.6) is 0 Å². The third-order valence-electron chi connectivity index (χ3n) is 2.23. The molecule has 1 aromatic heterocycles. The SMILES string of the molecule is CC(C)CC(Cl)CCc1cnn(C)c1. The van der Waals surface area contributed by atoms with Gasteiger partial charge in [-0.15, -0.1) is 11.6 Å². The largest absolute Gasteiger partial charge is 0.276 e. The van der Waals surface area contributed by atoms with Gasteiger partial charge in [0.2, 0.25) is 0 Å². The fourth-order valence-electron chi connectivity index (χ4n) is 1.55. The van der Waals surface area contributed by atoms with Crippen LogP contribution in [-0.4, -0.2) is 15.2 Å². The molecule has 0 saturated carbocycles. The van der Waals surface area contributed by atoms with Crippen LogP contribution in [0.25, 0.3) is 0 Å². The van der Waals surface area contributed by atoms with Crippen LogP contribution in [0.4, 0.5) is 0 Å². The van der Waals surface area contributed by atoms with Crippen molar-refractivity contribution in [1.82, 2.24) is 9.78 Å². The molecule has 0 aromatic carbocycles. The summed E-state index contributed by atoms with van der Waals surface area (Å²) in [7, 11) is 1.94. The van der Waals surface area contributed by atoms with Gasteiger partial charge in [0.05, 0.1) is 6.20 Å². The molecule has 0 bridgehead atoms. The molecule has 0 aliphatic carbocycles. The summed E-state index contributed by atoms with van der Waals surface area (Å²) in [4.78, 5) is 0. The Morgan fingerprint density at radius 2 is 2.21 bits per heavy atom. The molecule has 2 nitrogen and oxygen atoms in total. The number of aryl methyl sites for hydroxylation is 2. The van der Waals surface area contributed by atoms with Gasteiger partial charge in [0.1, 0.15) is 0 Å². The van der Waals surface area contributed by atoms with E-state index < -0.39 is 0 Å². The van der Waals surface area contributed by atoms with Crippen LogP contribution >= 0.6 is 11.6 Å². The number of halogens is 1. The monoisotopic (exact) mass is 214 g/mol. The Bertz CT molecular complexity index is 268. The first kappa shape index (κ1) is 11.6. The third kappa shape index (κ3) is 4.14. The molecule has 0 amide bonds. The maximum Gasteiger partial charge on any atom is 0.0521 e. The molecule has 1 aromatic rings. The number of rotatable bonds is 5. The molecule has 0 N–H and O–H groups in total. The Balaban J connectivity index is 2.26. The van der Waals surface area contributed by atoms with Gasteiger partial charge < -0.3 is 0 Å². The van der Waals surface area contributed by atoms with Crippen LogP contribution in [0.15, 0.2) is 12.4 Å². The van der Waals surface area contributed by atoms with Crippen molar-refractivity contribution in [2.24, 2.45) is 13.0 Å². The molecule has 0 saturated heterocycles. The van der Waals surface area contributed by atoms with Crippen molar-refractivity contribution < 1.29 is 0 Å². The lowest BCUT2D eigenvalue weighted by molar-refractivity contribution is 0.544. The zero-order valence-corrected chi connectivity index (χ0v) is 9.96. The van der Waals surface area contributed by atoms with E-state index in [9.17, 15) is 0 Å². The zero-order chi connectivity index (χ0) is 10.6. The fourth-order valence-corrected chi connectivity index (χ4v) is 2.02. The molecular formula is C11H19ClN2. The van der Waals surface area contributed by atoms with E-state index in [1.165, 1.54) is 5.56 Å². The van der Waals surface area contributed by atoms with Gasteiger partial charge in [0, 0.05) is 18.6 Å². The summed E-state index contributed by atoms with van der Waals surface area (Å²) in [6, 6.07) is 0. The van der Waals surface area contributed by atoms with Crippen LogP contribution in [-0.2, 0) is 13.5 Å². The number of nitrogens with zero attached hydrogens (tertiary/aromatic N) is 2. The van der Waals surface area contributed by atoms with Crippen molar-refractivity contribution in [2.45, 2.75) is 38.5 Å². The second-order valence-electron chi connectivity index (χ2n) is 4.29. The molecule has 0 spiro atoms. The average molecular weight is 215 g/mol. The van der Waals surface area contributed by atoms with E-state index in [0.717, 1.165) is 19.3 Å². The molecule has 80 valence electrons. The molecular weight excluding hydrogens is 196 g/mol. The number of aromatic nitrogens is 2. The van der Waals surface area contributed by atoms with Gasteiger partial charge >= 0.3 is 0 Å². The first-order chi connectivity index (χ1) is 6.58. The topological polar surface area (TPSA) is 17.8 Å². The molecule has 0 aliphatic rings. The molecule has 0 fully saturated rings. The second-order valence-corrected chi connectivity index (χ2v) is 4.90. The number of hydrogen-bond acceptors (Lipinski definition) is 1. The first-order valence-corrected chi connectivity index (χ1v) is 5.63. The summed E-state index contributed by atoms with van der Waals surface area (Å²) in [5, 5.41) is 4.43. The van der Waals surface area contributed by atoms with E-state index in [0.29, 0.717) is 11.3 Å². The zero-order valence-electron chi connectivity index (χ0n) is 9.20. The highest BCUT2D eigenvalue weighted by Crippen LogP contribution is 2.16. The minimum Gasteiger partial charge on any atom is -0.276 e. The minimum atomic E-state index is 0.301. The molecule has 0 radical (unpaired) electrons. The molecule has 1 atom stereocenters. The van der Waals surface area contributed by atoms with Crippen LogP contribution in [0.2, 0.25) is 0 Å². The van der Waals surface area contributed by atoms with Crippen molar-refractivity contribution in [1.29, 1.82) is 0 Å². The van der Waals surface area contributed by atoms with Crippen LogP contribution in [0, 0.1) is 5.92 Å². The fraction of sp³-hybridized carbons (Fsp3) is 0.727. The Hall–Kier alpha value is -0.500. The van der Waals surface area contributed by atoms with Gasteiger partial charge in [-0.05, 0) is 30.7 Å². The average Bonchev–Trinajstić information content (AvgIpc) is 2.47. The van der Waals surface area contributed by atoms with E-state index in [-0.39, 0.29) is 0 Å². The summed E-state index contributed by atoms with van der Waals surface area (Å²) < 4.78 is 1.83. The van der Waals surface area contributed by atoms with Crippen molar-refractivity contribution in [3.63, 3.8) is 0 Å². The lowest BCUT2D eigenvalue weighted by Crippen LogP contribution is -2.04. The molecule has 14 heavy (non-hydrogen) atoms. The van der Waals surface area contributed by atoms with Crippen molar-refractivity contribution in [3.8, 4) is 0 Å². The van der Waals surface area contributed by atoms with Crippen molar-refractivity contribution in [3.05, 3.63) is 18.0 Å². The van der Waals surface area contributed by atoms with E-state index in [4.69, 9.17) is 11.6 Å². The van der Waals surface area contributed by atoms with Gasteiger partial charge in [-0.2, -0.15) is 5.10 Å². The Morgan fingerprint density at radius 3 is 2.71 bits per heavy atom. The number of hydrogen-bond donors (Lipinski definition) is 0. The normalized spacial score (nSPS) is 13.5. The summed E-state index contributed by atoms with van der Waals surface area (Å²) in [6.45, 7) is 4.42. The number of alkyl halides is 1. The van der Waals surface area contributed by atoms with Gasteiger partial charge in [0.15, 0.2) is 0 Å². The van der Waals surface area contributed by atoms with Crippen LogP contribution < -0.4 is 0 Å². The molecule has 1 rings (SSSR count). The second kappa shape index (κ2) is 5.40. The lowest BCUT2D eigenvalue weighted by Gasteiger charge is -2.10. The highest BCUT2D eigenvalue weighted by atomic mass is 35.5. The predicted molar refractivity (Wildman–Crippen MR) is 60.6 cm³/mol. The van der Waals surface area contributed by atoms with Crippen LogP contribution in [0.3, 0.4) is 0 Å². The van der Waals surface area contributed by atoms with E-state index in [2.05, 4.69) is 25.1 Å². The van der Waals surface area contributed by atoms with E-state index >= 15 is 0 Å². The molecule has 3 heteroatoms. The highest BCUT2D eigenvalue weighted by Gasteiger charge is 2.07. The van der Waals surface area contributed by atoms with Crippen molar-refractivity contribution in [2.75, 3.05) is 0 Å². The summed E-state index contributed by atoms with van der Waals surface area (Å²) in [6.07, 6.45) is 7.15. The van der Waals surface area contributed by atoms with E-state index in [1.54, 1.807) is 0 Å². The van der Waals surface area contributed by atoms with Gasteiger partial charge in [-0.25, -0.2) is 0 Å². The smallest absolute Gasteiger partial charge is 0.0521 e. The van der Waals surface area contributed by atoms with Crippen molar-refractivity contribution >= 4 is 11.6 Å².